The number of hydrogen-bond donors (Lipinski definition) is 1. The molecule has 0 spiro atoms. The molecule has 2 aromatic carbocycles. The maximum Gasteiger partial charge on any atom is 0.251 e. The Bertz CT molecular complexity index is 1370. The van der Waals surface area contributed by atoms with Gasteiger partial charge in [-0.2, -0.15) is 4.73 Å². The number of pyridine rings is 1. The zero-order chi connectivity index (χ0) is 25.1. The van der Waals surface area contributed by atoms with Gasteiger partial charge in [0.15, 0.2) is 6.10 Å². The van der Waals surface area contributed by atoms with Crippen LogP contribution in [0.2, 0.25) is 10.0 Å². The lowest BCUT2D eigenvalue weighted by molar-refractivity contribution is 0.0562. The van der Waals surface area contributed by atoms with Gasteiger partial charge in [-0.1, -0.05) is 35.3 Å². The number of halogens is 3. The number of amides is 1. The van der Waals surface area contributed by atoms with Gasteiger partial charge < -0.3 is 15.1 Å². The minimum Gasteiger partial charge on any atom is -0.406 e. The Balaban J connectivity index is 1.60. The molecule has 0 aliphatic carbocycles. The molecule has 0 saturated heterocycles. The number of benzene rings is 2. The summed E-state index contributed by atoms with van der Waals surface area (Å²) in [4.78, 5) is 25.1. The normalized spacial score (nSPS) is 12.2. The van der Waals surface area contributed by atoms with E-state index >= 15 is 0 Å². The lowest BCUT2D eigenvalue weighted by Gasteiger charge is -2.19. The van der Waals surface area contributed by atoms with E-state index in [9.17, 15) is 9.18 Å². The van der Waals surface area contributed by atoms with Crippen molar-refractivity contribution in [2.45, 2.75) is 13.0 Å². The molecule has 0 fully saturated rings. The number of aromatic nitrogens is 2. The van der Waals surface area contributed by atoms with Crippen molar-refractivity contribution in [1.29, 1.82) is 0 Å². The topological polar surface area (TPSA) is 59.4 Å². The van der Waals surface area contributed by atoms with Crippen LogP contribution in [-0.2, 0) is 0 Å². The maximum absolute atomic E-state index is 14.0. The molecule has 0 bridgehead atoms. The average Bonchev–Trinajstić information content (AvgIpc) is 3.23. The summed E-state index contributed by atoms with van der Waals surface area (Å²) in [6.45, 7) is 3.06. The molecule has 0 aliphatic rings. The molecule has 2 aromatic heterocycles. The standard InChI is InChI=1S/C26H25Cl2FN4O2/c1-16(24-20(27)7-8-21(29)25(24)28)35-33-11-9-22-23(33)14-19(15-31-22)17-5-4-6-18(13-17)26(34)30-10-12-32(2)3/h4-9,11,13-16H,10,12H2,1-3H3,(H,30,34). The predicted octanol–water partition coefficient (Wildman–Crippen LogP) is 5.63. The van der Waals surface area contributed by atoms with Crippen LogP contribution in [0.25, 0.3) is 22.2 Å². The zero-order valence-electron chi connectivity index (χ0n) is 19.6. The van der Waals surface area contributed by atoms with Gasteiger partial charge in [-0.25, -0.2) is 4.39 Å². The smallest absolute Gasteiger partial charge is 0.251 e. The molecule has 0 saturated carbocycles. The van der Waals surface area contributed by atoms with Crippen LogP contribution in [0.15, 0.2) is 60.9 Å². The molecular weight excluding hydrogens is 490 g/mol. The molecule has 2 heterocycles. The van der Waals surface area contributed by atoms with Crippen LogP contribution in [0.3, 0.4) is 0 Å². The highest BCUT2D eigenvalue weighted by molar-refractivity contribution is 6.36. The summed E-state index contributed by atoms with van der Waals surface area (Å²) in [6.07, 6.45) is 2.85. The fourth-order valence-electron chi connectivity index (χ4n) is 3.71. The van der Waals surface area contributed by atoms with E-state index < -0.39 is 11.9 Å². The van der Waals surface area contributed by atoms with Crippen molar-refractivity contribution in [2.24, 2.45) is 0 Å². The van der Waals surface area contributed by atoms with Gasteiger partial charge in [0.1, 0.15) is 11.3 Å². The Morgan fingerprint density at radius 1 is 1.17 bits per heavy atom. The fourth-order valence-corrected chi connectivity index (χ4v) is 4.39. The van der Waals surface area contributed by atoms with E-state index in [0.717, 1.165) is 23.2 Å². The molecule has 1 N–H and O–H groups in total. The number of likely N-dealkylation sites (N-methyl/N-ethyl adjacent to an activating group) is 1. The van der Waals surface area contributed by atoms with Crippen molar-refractivity contribution in [3.05, 3.63) is 87.9 Å². The second-order valence-corrected chi connectivity index (χ2v) is 9.20. The third-order valence-corrected chi connectivity index (χ3v) is 6.28. The van der Waals surface area contributed by atoms with E-state index in [4.69, 9.17) is 28.0 Å². The van der Waals surface area contributed by atoms with E-state index in [2.05, 4.69) is 10.3 Å². The summed E-state index contributed by atoms with van der Waals surface area (Å²) in [5.74, 6) is -0.694. The molecule has 0 radical (unpaired) electrons. The molecule has 4 aromatic rings. The van der Waals surface area contributed by atoms with Crippen molar-refractivity contribution in [2.75, 3.05) is 27.2 Å². The van der Waals surface area contributed by atoms with E-state index in [-0.39, 0.29) is 10.9 Å². The molecule has 182 valence electrons. The second kappa shape index (κ2) is 10.6. The van der Waals surface area contributed by atoms with Gasteiger partial charge in [0.05, 0.1) is 10.5 Å². The minimum absolute atomic E-state index is 0.0686. The first-order valence-electron chi connectivity index (χ1n) is 11.1. The summed E-state index contributed by atoms with van der Waals surface area (Å²) in [7, 11) is 3.91. The number of nitrogens with zero attached hydrogens (tertiary/aromatic N) is 3. The van der Waals surface area contributed by atoms with Gasteiger partial charge in [-0.3, -0.25) is 9.78 Å². The van der Waals surface area contributed by atoms with Crippen molar-refractivity contribution < 1.29 is 14.0 Å². The SMILES string of the molecule is CC(On1ccc2ncc(-c3cccc(C(=O)NCCN(C)C)c3)cc21)c1c(Cl)ccc(F)c1Cl. The molecule has 1 unspecified atom stereocenters. The highest BCUT2D eigenvalue weighted by Crippen LogP contribution is 2.33. The molecule has 1 atom stereocenters. The van der Waals surface area contributed by atoms with Gasteiger partial charge in [-0.15, -0.1) is 0 Å². The minimum atomic E-state index is -0.626. The fraction of sp³-hybridized carbons (Fsp3) is 0.231. The molecule has 35 heavy (non-hydrogen) atoms. The first-order chi connectivity index (χ1) is 16.7. The average molecular weight is 515 g/mol. The van der Waals surface area contributed by atoms with Crippen LogP contribution in [0.5, 0.6) is 0 Å². The van der Waals surface area contributed by atoms with Crippen molar-refractivity contribution in [3.63, 3.8) is 0 Å². The van der Waals surface area contributed by atoms with Crippen LogP contribution in [0, 0.1) is 5.82 Å². The molecule has 0 aliphatic heterocycles. The number of carbonyl (C=O) groups is 1. The Morgan fingerprint density at radius 2 is 1.97 bits per heavy atom. The highest BCUT2D eigenvalue weighted by Gasteiger charge is 2.20. The van der Waals surface area contributed by atoms with E-state index in [1.54, 1.807) is 30.1 Å². The summed E-state index contributed by atoms with van der Waals surface area (Å²) >= 11 is 12.4. The lowest BCUT2D eigenvalue weighted by atomic mass is 10.0. The number of carbonyl (C=O) groups excluding carboxylic acids is 1. The first-order valence-corrected chi connectivity index (χ1v) is 11.8. The molecule has 4 rings (SSSR count). The molecule has 1 amide bonds. The van der Waals surface area contributed by atoms with Crippen LogP contribution in [-0.4, -0.2) is 47.7 Å². The summed E-state index contributed by atoms with van der Waals surface area (Å²) < 4.78 is 15.6. The quantitative estimate of drug-likeness (QED) is 0.309. The maximum atomic E-state index is 14.0. The molecular formula is C26H25Cl2FN4O2. The van der Waals surface area contributed by atoms with Crippen molar-refractivity contribution >= 4 is 40.1 Å². The van der Waals surface area contributed by atoms with Gasteiger partial charge >= 0.3 is 0 Å². The van der Waals surface area contributed by atoms with Crippen LogP contribution < -0.4 is 10.2 Å². The van der Waals surface area contributed by atoms with Gasteiger partial charge in [0.2, 0.25) is 0 Å². The summed E-state index contributed by atoms with van der Waals surface area (Å²) in [6, 6.07) is 13.8. The second-order valence-electron chi connectivity index (χ2n) is 8.41. The van der Waals surface area contributed by atoms with Crippen molar-refractivity contribution in [3.8, 4) is 11.1 Å². The number of hydrogen-bond acceptors (Lipinski definition) is 4. The van der Waals surface area contributed by atoms with Crippen LogP contribution in [0.4, 0.5) is 4.39 Å². The van der Waals surface area contributed by atoms with Crippen LogP contribution >= 0.6 is 23.2 Å². The molecule has 9 heteroatoms. The Kier molecular flexibility index (Phi) is 7.60. The van der Waals surface area contributed by atoms with E-state index in [1.165, 1.54) is 12.1 Å². The van der Waals surface area contributed by atoms with Gasteiger partial charge in [-0.05, 0) is 63.0 Å². The lowest BCUT2D eigenvalue weighted by Crippen LogP contribution is -2.31. The Labute approximate surface area is 213 Å². The molecule has 6 nitrogen and oxygen atoms in total. The van der Waals surface area contributed by atoms with Crippen molar-refractivity contribution in [1.82, 2.24) is 19.9 Å². The third-order valence-electron chi connectivity index (χ3n) is 5.56. The Morgan fingerprint density at radius 3 is 2.74 bits per heavy atom. The Hall–Kier alpha value is -3.13. The van der Waals surface area contributed by atoms with Gasteiger partial charge in [0.25, 0.3) is 5.91 Å². The first kappa shape index (κ1) is 25.0. The van der Waals surface area contributed by atoms with Crippen LogP contribution in [0.1, 0.15) is 28.9 Å². The summed E-state index contributed by atoms with van der Waals surface area (Å²) in [5, 5.41) is 3.18. The third kappa shape index (κ3) is 5.59. The largest absolute Gasteiger partial charge is 0.406 e. The van der Waals surface area contributed by atoms with Gasteiger partial charge in [0, 0.05) is 47.2 Å². The highest BCUT2D eigenvalue weighted by atomic mass is 35.5. The number of fused-ring (bicyclic) bond motifs is 1. The van der Waals surface area contributed by atoms with E-state index in [0.29, 0.717) is 28.2 Å². The predicted molar refractivity (Wildman–Crippen MR) is 137 cm³/mol. The monoisotopic (exact) mass is 514 g/mol. The number of rotatable bonds is 8. The number of nitrogens with one attached hydrogen (secondary N) is 1. The van der Waals surface area contributed by atoms with E-state index in [1.807, 2.05) is 49.3 Å². The summed E-state index contributed by atoms with van der Waals surface area (Å²) in [5.41, 5.74) is 4.02. The zero-order valence-corrected chi connectivity index (χ0v) is 21.1.